The first-order valence-corrected chi connectivity index (χ1v) is 16.4. The molecular formula is C46H28O4. The van der Waals surface area contributed by atoms with E-state index in [2.05, 4.69) is 0 Å². The molecule has 0 aromatic heterocycles. The highest BCUT2D eigenvalue weighted by Gasteiger charge is 2.35. The molecule has 8 rings (SSSR count). The van der Waals surface area contributed by atoms with E-state index in [1.54, 1.807) is 109 Å². The van der Waals surface area contributed by atoms with E-state index in [0.29, 0.717) is 38.4 Å². The van der Waals surface area contributed by atoms with E-state index in [1.807, 2.05) is 60.7 Å². The minimum atomic E-state index is -0.522. The van der Waals surface area contributed by atoms with Gasteiger partial charge in [0, 0.05) is 49.9 Å². The van der Waals surface area contributed by atoms with Gasteiger partial charge in [-0.2, -0.15) is 0 Å². The smallest absolute Gasteiger partial charge is 0.194 e. The Morgan fingerprint density at radius 2 is 0.620 bits per heavy atom. The normalized spacial score (nSPS) is 11.1. The van der Waals surface area contributed by atoms with Crippen molar-refractivity contribution in [2.45, 2.75) is 0 Å². The zero-order chi connectivity index (χ0) is 34.2. The molecule has 0 N–H and O–H groups in total. The summed E-state index contributed by atoms with van der Waals surface area (Å²) in [7, 11) is 0. The van der Waals surface area contributed by atoms with Crippen molar-refractivity contribution in [1.29, 1.82) is 0 Å². The van der Waals surface area contributed by atoms with Crippen LogP contribution in [0.25, 0.3) is 32.3 Å². The molecule has 50 heavy (non-hydrogen) atoms. The Morgan fingerprint density at radius 3 is 1.12 bits per heavy atom. The summed E-state index contributed by atoms with van der Waals surface area (Å²) in [5.74, 6) is -1.88. The van der Waals surface area contributed by atoms with Gasteiger partial charge in [-0.05, 0) is 26.9 Å². The maximum Gasteiger partial charge on any atom is 0.194 e. The van der Waals surface area contributed by atoms with Crippen molar-refractivity contribution in [3.63, 3.8) is 0 Å². The topological polar surface area (TPSA) is 68.3 Å². The Labute approximate surface area is 288 Å². The summed E-state index contributed by atoms with van der Waals surface area (Å²) in [6, 6.07) is 50.3. The first kappa shape index (κ1) is 30.5. The molecule has 0 atom stereocenters. The van der Waals surface area contributed by atoms with E-state index in [4.69, 9.17) is 0 Å². The molecule has 0 amide bonds. The van der Waals surface area contributed by atoms with Gasteiger partial charge < -0.3 is 0 Å². The predicted octanol–water partition coefficient (Wildman–Crippen LogP) is 10.1. The Balaban J connectivity index is 1.64. The SMILES string of the molecule is O=C(c1ccccc1)c1c(C(=O)c2ccccc2)c(C(=O)c2ccccc2)c2c(ccc3c4ccccc4ccc32)c1C(=O)c1ccccc1. The summed E-state index contributed by atoms with van der Waals surface area (Å²) >= 11 is 0. The second kappa shape index (κ2) is 12.7. The van der Waals surface area contributed by atoms with Crippen LogP contribution in [0.3, 0.4) is 0 Å². The van der Waals surface area contributed by atoms with Crippen LogP contribution >= 0.6 is 0 Å². The van der Waals surface area contributed by atoms with Gasteiger partial charge in [-0.3, -0.25) is 19.2 Å². The lowest BCUT2D eigenvalue weighted by atomic mass is 9.77. The van der Waals surface area contributed by atoms with Crippen LogP contribution in [0.2, 0.25) is 0 Å². The van der Waals surface area contributed by atoms with Gasteiger partial charge in [-0.25, -0.2) is 0 Å². The van der Waals surface area contributed by atoms with Gasteiger partial charge in [0.2, 0.25) is 0 Å². The molecule has 0 bridgehead atoms. The molecule has 8 aromatic rings. The van der Waals surface area contributed by atoms with E-state index < -0.39 is 23.1 Å². The van der Waals surface area contributed by atoms with Crippen LogP contribution in [0.4, 0.5) is 0 Å². The third-order valence-electron chi connectivity index (χ3n) is 9.25. The minimum Gasteiger partial charge on any atom is -0.289 e. The summed E-state index contributed by atoms with van der Waals surface area (Å²) in [6.07, 6.45) is 0. The molecule has 8 aromatic carbocycles. The van der Waals surface area contributed by atoms with Gasteiger partial charge in [0.1, 0.15) is 0 Å². The average Bonchev–Trinajstić information content (AvgIpc) is 3.19. The summed E-state index contributed by atoms with van der Waals surface area (Å²) in [5.41, 5.74) is 1.28. The number of benzene rings is 8. The lowest BCUT2D eigenvalue weighted by Crippen LogP contribution is -2.22. The zero-order valence-corrected chi connectivity index (χ0v) is 26.8. The molecular weight excluding hydrogens is 617 g/mol. The molecule has 0 radical (unpaired) electrons. The van der Waals surface area contributed by atoms with E-state index >= 15 is 9.59 Å². The fourth-order valence-electron chi connectivity index (χ4n) is 6.93. The standard InChI is InChI=1S/C46H28O4/c47-43(30-16-5-1-6-17-30)39-37-28-27-35-34-24-14-13-15-29(34)25-26-36(35)38(37)40(44(48)31-18-7-2-8-19-31)42(46(50)33-22-11-4-12-23-33)41(39)45(49)32-20-9-3-10-21-32/h1-28H. The number of carbonyl (C=O) groups is 4. The van der Waals surface area contributed by atoms with Crippen molar-refractivity contribution < 1.29 is 19.2 Å². The highest BCUT2D eigenvalue weighted by molar-refractivity contribution is 6.38. The number of ketones is 4. The zero-order valence-electron chi connectivity index (χ0n) is 26.8. The average molecular weight is 645 g/mol. The molecule has 0 aliphatic rings. The van der Waals surface area contributed by atoms with E-state index in [9.17, 15) is 9.59 Å². The minimum absolute atomic E-state index is 0.0824. The van der Waals surface area contributed by atoms with Crippen LogP contribution < -0.4 is 0 Å². The first-order valence-electron chi connectivity index (χ1n) is 16.4. The Bertz CT molecular complexity index is 2630. The van der Waals surface area contributed by atoms with E-state index in [-0.39, 0.29) is 22.3 Å². The van der Waals surface area contributed by atoms with Crippen LogP contribution in [0.1, 0.15) is 63.7 Å². The van der Waals surface area contributed by atoms with Crippen molar-refractivity contribution in [2.24, 2.45) is 0 Å². The van der Waals surface area contributed by atoms with Crippen LogP contribution in [-0.2, 0) is 0 Å². The highest BCUT2D eigenvalue weighted by Crippen LogP contribution is 2.41. The largest absolute Gasteiger partial charge is 0.289 e. The van der Waals surface area contributed by atoms with Crippen molar-refractivity contribution >= 4 is 55.5 Å². The summed E-state index contributed by atoms with van der Waals surface area (Å²) in [6.45, 7) is 0. The van der Waals surface area contributed by atoms with Gasteiger partial charge >= 0.3 is 0 Å². The quantitative estimate of drug-likeness (QED) is 0.122. The van der Waals surface area contributed by atoms with E-state index in [1.165, 1.54) is 0 Å². The predicted molar refractivity (Wildman–Crippen MR) is 198 cm³/mol. The lowest BCUT2D eigenvalue weighted by molar-refractivity contribution is 0.0983. The van der Waals surface area contributed by atoms with Crippen molar-refractivity contribution in [2.75, 3.05) is 0 Å². The number of rotatable bonds is 8. The van der Waals surface area contributed by atoms with Crippen LogP contribution in [0.15, 0.2) is 170 Å². The van der Waals surface area contributed by atoms with Gasteiger partial charge in [0.05, 0.1) is 0 Å². The van der Waals surface area contributed by atoms with Gasteiger partial charge in [-0.15, -0.1) is 0 Å². The molecule has 0 saturated heterocycles. The third-order valence-corrected chi connectivity index (χ3v) is 9.25. The molecule has 0 unspecified atom stereocenters. The third kappa shape index (κ3) is 5.11. The summed E-state index contributed by atoms with van der Waals surface area (Å²) in [4.78, 5) is 59.9. The number of hydrogen-bond acceptors (Lipinski definition) is 4. The summed E-state index contributed by atoms with van der Waals surface area (Å²) in [5, 5.41) is 4.39. The molecule has 0 heterocycles. The monoisotopic (exact) mass is 644 g/mol. The number of fused-ring (bicyclic) bond motifs is 5. The van der Waals surface area contributed by atoms with Gasteiger partial charge in [0.25, 0.3) is 0 Å². The van der Waals surface area contributed by atoms with E-state index in [0.717, 1.165) is 16.2 Å². The van der Waals surface area contributed by atoms with Crippen molar-refractivity contribution in [3.8, 4) is 0 Å². The Hall–Kier alpha value is -6.78. The number of carbonyl (C=O) groups excluding carboxylic acids is 4. The van der Waals surface area contributed by atoms with Gasteiger partial charge in [0.15, 0.2) is 23.1 Å². The Kier molecular flexibility index (Phi) is 7.75. The maximum absolute atomic E-state index is 15.0. The lowest BCUT2D eigenvalue weighted by Gasteiger charge is -2.22. The second-order valence-corrected chi connectivity index (χ2v) is 12.2. The molecule has 4 heteroatoms. The molecule has 4 nitrogen and oxygen atoms in total. The molecule has 236 valence electrons. The maximum atomic E-state index is 15.0. The Morgan fingerprint density at radius 1 is 0.260 bits per heavy atom. The van der Waals surface area contributed by atoms with Crippen LogP contribution in [0.5, 0.6) is 0 Å². The fraction of sp³-hybridized carbons (Fsp3) is 0. The molecule has 0 aliphatic heterocycles. The van der Waals surface area contributed by atoms with Crippen LogP contribution in [-0.4, -0.2) is 23.1 Å². The van der Waals surface area contributed by atoms with Crippen molar-refractivity contribution in [3.05, 3.63) is 214 Å². The highest BCUT2D eigenvalue weighted by atomic mass is 16.1. The second-order valence-electron chi connectivity index (χ2n) is 12.2. The van der Waals surface area contributed by atoms with Crippen LogP contribution in [0, 0.1) is 0 Å². The van der Waals surface area contributed by atoms with Gasteiger partial charge in [-0.1, -0.05) is 170 Å². The molecule has 0 fully saturated rings. The molecule has 0 spiro atoms. The molecule has 0 saturated carbocycles. The summed E-state index contributed by atoms with van der Waals surface area (Å²) < 4.78 is 0. The molecule has 0 aliphatic carbocycles. The number of hydrogen-bond donors (Lipinski definition) is 0. The first-order chi connectivity index (χ1) is 24.5. The fourth-order valence-corrected chi connectivity index (χ4v) is 6.93. The van der Waals surface area contributed by atoms with Crippen molar-refractivity contribution in [1.82, 2.24) is 0 Å².